The molecule has 1 aromatic heterocycles. The number of aromatic nitrogens is 2. The number of benzene rings is 3. The molecule has 4 N–H and O–H groups in total. The lowest BCUT2D eigenvalue weighted by Gasteiger charge is -2.28. The van der Waals surface area contributed by atoms with Crippen LogP contribution in [0.5, 0.6) is 0 Å². The Morgan fingerprint density at radius 2 is 1.54 bits per heavy atom. The topological polar surface area (TPSA) is 102 Å². The molecule has 198 valence electrons. The Bertz CT molecular complexity index is 1580. The van der Waals surface area contributed by atoms with Gasteiger partial charge in [-0.15, -0.1) is 6.42 Å². The van der Waals surface area contributed by atoms with E-state index in [1.807, 2.05) is 0 Å². The minimum absolute atomic E-state index is 0.0374. The smallest absolute Gasteiger partial charge is 0.322 e. The van der Waals surface area contributed by atoms with Crippen molar-refractivity contribution in [1.82, 2.24) is 9.78 Å². The van der Waals surface area contributed by atoms with Crippen molar-refractivity contribution in [1.29, 1.82) is 0 Å². The Morgan fingerprint density at radius 3 is 2.18 bits per heavy atom. The van der Waals surface area contributed by atoms with Gasteiger partial charge in [0.15, 0.2) is 0 Å². The van der Waals surface area contributed by atoms with Gasteiger partial charge in [-0.2, -0.15) is 18.3 Å². The maximum Gasteiger partial charge on any atom is 0.410 e. The van der Waals surface area contributed by atoms with Gasteiger partial charge in [-0.3, -0.25) is 14.3 Å². The van der Waals surface area contributed by atoms with Gasteiger partial charge in [0, 0.05) is 41.1 Å². The van der Waals surface area contributed by atoms with E-state index < -0.39 is 17.6 Å². The fourth-order valence-corrected chi connectivity index (χ4v) is 3.74. The summed E-state index contributed by atoms with van der Waals surface area (Å²) < 4.78 is 41.5. The molecule has 0 bridgehead atoms. The summed E-state index contributed by atoms with van der Waals surface area (Å²) in [6, 6.07) is 20.2. The second-order valence-electron chi connectivity index (χ2n) is 9.03. The number of hydrogen-bond donors (Lipinski definition) is 3. The minimum atomic E-state index is -4.68. The predicted molar refractivity (Wildman–Crippen MR) is 143 cm³/mol. The molecule has 0 aliphatic rings. The maximum absolute atomic E-state index is 13.3. The first kappa shape index (κ1) is 27.2. The highest BCUT2D eigenvalue weighted by atomic mass is 19.4. The molecule has 1 atom stereocenters. The molecule has 0 saturated carbocycles. The van der Waals surface area contributed by atoms with Crippen molar-refractivity contribution in [3.05, 3.63) is 101 Å². The van der Waals surface area contributed by atoms with Crippen LogP contribution in [0.3, 0.4) is 0 Å². The number of alkyl halides is 3. The number of terminal acetylenes is 1. The lowest BCUT2D eigenvalue weighted by Crippen LogP contribution is -2.47. The maximum atomic E-state index is 13.3. The Labute approximate surface area is 222 Å². The third kappa shape index (κ3) is 5.84. The summed E-state index contributed by atoms with van der Waals surface area (Å²) in [5.41, 5.74) is 5.43. The molecule has 1 heterocycles. The first-order valence-corrected chi connectivity index (χ1v) is 11.7. The third-order valence-corrected chi connectivity index (χ3v) is 6.16. The SMILES string of the molecule is C#Cc1cccc(C(=O)Nc2cc(-c3ccc(NC(=O)c4cccc(C(C)(N)C(F)(F)F)c4)cc3)nn2C)c1. The molecule has 0 aliphatic heterocycles. The summed E-state index contributed by atoms with van der Waals surface area (Å²) in [5, 5.41) is 9.90. The van der Waals surface area contributed by atoms with Crippen molar-refractivity contribution >= 4 is 23.3 Å². The Kier molecular flexibility index (Phi) is 7.29. The van der Waals surface area contributed by atoms with Gasteiger partial charge >= 0.3 is 6.18 Å². The van der Waals surface area contributed by atoms with E-state index in [9.17, 15) is 22.8 Å². The number of hydrogen-bond acceptors (Lipinski definition) is 4. The molecule has 0 fully saturated rings. The predicted octanol–water partition coefficient (Wildman–Crippen LogP) is 5.31. The van der Waals surface area contributed by atoms with Crippen LogP contribution < -0.4 is 16.4 Å². The fraction of sp³-hybridized carbons (Fsp3) is 0.138. The molecule has 1 unspecified atom stereocenters. The average Bonchev–Trinajstić information content (AvgIpc) is 3.28. The highest BCUT2D eigenvalue weighted by molar-refractivity contribution is 6.05. The Balaban J connectivity index is 1.46. The van der Waals surface area contributed by atoms with Gasteiger partial charge in [-0.1, -0.05) is 36.3 Å². The van der Waals surface area contributed by atoms with E-state index >= 15 is 0 Å². The molecule has 10 heteroatoms. The number of carbonyl (C=O) groups excluding carboxylic acids is 2. The van der Waals surface area contributed by atoms with Crippen LogP contribution in [0.15, 0.2) is 78.9 Å². The van der Waals surface area contributed by atoms with Crippen LogP contribution in [0, 0.1) is 12.3 Å². The molecule has 3 aromatic carbocycles. The lowest BCUT2D eigenvalue weighted by atomic mass is 9.91. The monoisotopic (exact) mass is 531 g/mol. The van der Waals surface area contributed by atoms with Crippen molar-refractivity contribution in [2.24, 2.45) is 12.8 Å². The quantitative estimate of drug-likeness (QED) is 0.294. The first-order valence-electron chi connectivity index (χ1n) is 11.7. The van der Waals surface area contributed by atoms with Crippen LogP contribution in [0.1, 0.15) is 38.8 Å². The van der Waals surface area contributed by atoms with Gasteiger partial charge in [-0.25, -0.2) is 0 Å². The number of nitrogens with one attached hydrogen (secondary N) is 2. The summed E-state index contributed by atoms with van der Waals surface area (Å²) in [6.45, 7) is 0.855. The lowest BCUT2D eigenvalue weighted by molar-refractivity contribution is -0.184. The molecule has 7 nitrogen and oxygen atoms in total. The first-order chi connectivity index (χ1) is 18.4. The van der Waals surface area contributed by atoms with E-state index in [0.29, 0.717) is 33.9 Å². The molecule has 4 rings (SSSR count). The van der Waals surface area contributed by atoms with E-state index in [1.54, 1.807) is 61.6 Å². The molecule has 0 saturated heterocycles. The van der Waals surface area contributed by atoms with Crippen LogP contribution in [0.2, 0.25) is 0 Å². The highest BCUT2D eigenvalue weighted by Gasteiger charge is 2.49. The highest BCUT2D eigenvalue weighted by Crippen LogP contribution is 2.36. The van der Waals surface area contributed by atoms with E-state index in [-0.39, 0.29) is 17.0 Å². The van der Waals surface area contributed by atoms with Crippen molar-refractivity contribution in [2.75, 3.05) is 10.6 Å². The number of nitrogens with two attached hydrogens (primary N) is 1. The van der Waals surface area contributed by atoms with Crippen LogP contribution in [0.4, 0.5) is 24.7 Å². The summed E-state index contributed by atoms with van der Waals surface area (Å²) in [5.74, 6) is 2.03. The summed E-state index contributed by atoms with van der Waals surface area (Å²) in [7, 11) is 1.69. The zero-order valence-corrected chi connectivity index (χ0v) is 21.0. The van der Waals surface area contributed by atoms with Gasteiger partial charge in [0.1, 0.15) is 11.4 Å². The van der Waals surface area contributed by atoms with Gasteiger partial charge in [-0.05, 0) is 55.0 Å². The zero-order valence-electron chi connectivity index (χ0n) is 21.0. The van der Waals surface area contributed by atoms with Crippen molar-refractivity contribution in [3.8, 4) is 23.6 Å². The Morgan fingerprint density at radius 1 is 0.923 bits per heavy atom. The van der Waals surface area contributed by atoms with Crippen LogP contribution in [-0.2, 0) is 12.6 Å². The van der Waals surface area contributed by atoms with Crippen molar-refractivity contribution in [2.45, 2.75) is 18.6 Å². The largest absolute Gasteiger partial charge is 0.410 e. The molecule has 39 heavy (non-hydrogen) atoms. The number of carbonyl (C=O) groups is 2. The van der Waals surface area contributed by atoms with Crippen molar-refractivity contribution < 1.29 is 22.8 Å². The van der Waals surface area contributed by atoms with Gasteiger partial charge in [0.2, 0.25) is 0 Å². The molecule has 4 aromatic rings. The third-order valence-electron chi connectivity index (χ3n) is 6.16. The fourth-order valence-electron chi connectivity index (χ4n) is 3.74. The van der Waals surface area contributed by atoms with Crippen LogP contribution in [0.25, 0.3) is 11.3 Å². The number of aryl methyl sites for hydroxylation is 1. The van der Waals surface area contributed by atoms with Crippen LogP contribution >= 0.6 is 0 Å². The second-order valence-corrected chi connectivity index (χ2v) is 9.03. The average molecular weight is 532 g/mol. The van der Waals surface area contributed by atoms with E-state index in [1.165, 1.54) is 22.9 Å². The van der Waals surface area contributed by atoms with E-state index in [0.717, 1.165) is 13.0 Å². The number of nitrogens with zero attached hydrogens (tertiary/aromatic N) is 2. The molecule has 2 amide bonds. The summed E-state index contributed by atoms with van der Waals surface area (Å²) in [6.07, 6.45) is 0.723. The Hall–Kier alpha value is -4.88. The number of amides is 2. The molecule has 0 spiro atoms. The number of anilines is 2. The summed E-state index contributed by atoms with van der Waals surface area (Å²) >= 11 is 0. The zero-order chi connectivity index (χ0) is 28.4. The normalized spacial score (nSPS) is 12.7. The number of halogens is 3. The second kappa shape index (κ2) is 10.5. The molecular formula is C29H24F3N5O2. The molecular weight excluding hydrogens is 507 g/mol. The molecule has 0 aliphatic carbocycles. The van der Waals surface area contributed by atoms with E-state index in [4.69, 9.17) is 12.2 Å². The summed E-state index contributed by atoms with van der Waals surface area (Å²) in [4.78, 5) is 25.4. The van der Waals surface area contributed by atoms with Gasteiger partial charge in [0.05, 0.1) is 5.69 Å². The van der Waals surface area contributed by atoms with Gasteiger partial charge in [0.25, 0.3) is 11.8 Å². The van der Waals surface area contributed by atoms with Gasteiger partial charge < -0.3 is 16.4 Å². The molecule has 0 radical (unpaired) electrons. The standard InChI is InChI=1S/C29H24F3N5O2/c1-4-18-7-5-8-20(15-18)27(39)35-25-17-24(36-37(25)3)19-11-13-23(14-12-19)34-26(38)21-9-6-10-22(16-21)28(2,33)29(30,31)32/h1,5-17H,33H2,2-3H3,(H,34,38)(H,35,39). The van der Waals surface area contributed by atoms with Crippen LogP contribution in [-0.4, -0.2) is 27.8 Å². The minimum Gasteiger partial charge on any atom is -0.322 e. The number of rotatable bonds is 6. The van der Waals surface area contributed by atoms with E-state index in [2.05, 4.69) is 21.7 Å². The van der Waals surface area contributed by atoms with Crippen molar-refractivity contribution in [3.63, 3.8) is 0 Å².